The number of hydrogen-bond donors (Lipinski definition) is 3. The highest BCUT2D eigenvalue weighted by Gasteiger charge is 2.38. The number of carbonyl (C=O) groups is 2. The molecule has 3 aromatic rings. The lowest BCUT2D eigenvalue weighted by atomic mass is 10.1. The van der Waals surface area contributed by atoms with Gasteiger partial charge >= 0.3 is 18.1 Å². The molecular formula is C24H24F3NO5. The Balaban J connectivity index is 0.000000479. The van der Waals surface area contributed by atoms with Crippen molar-refractivity contribution in [2.75, 3.05) is 13.2 Å². The summed E-state index contributed by atoms with van der Waals surface area (Å²) in [6.45, 7) is 1.71. The summed E-state index contributed by atoms with van der Waals surface area (Å²) in [6, 6.07) is 22.8. The maximum absolute atomic E-state index is 10.6. The second-order valence-corrected chi connectivity index (χ2v) is 7.05. The Morgan fingerprint density at radius 2 is 1.58 bits per heavy atom. The van der Waals surface area contributed by atoms with Crippen molar-refractivity contribution in [1.29, 1.82) is 0 Å². The summed E-state index contributed by atoms with van der Waals surface area (Å²) in [5, 5.41) is 21.4. The second-order valence-electron chi connectivity index (χ2n) is 7.05. The number of hydrogen-bond acceptors (Lipinski definition) is 4. The third kappa shape index (κ3) is 9.61. The van der Waals surface area contributed by atoms with Crippen LogP contribution in [-0.4, -0.2) is 41.5 Å². The number of aliphatic carboxylic acids is 2. The van der Waals surface area contributed by atoms with Crippen molar-refractivity contribution in [2.45, 2.75) is 25.6 Å². The average molecular weight is 463 g/mol. The normalized spacial score (nSPS) is 10.9. The van der Waals surface area contributed by atoms with E-state index in [2.05, 4.69) is 47.8 Å². The molecule has 0 aliphatic rings. The summed E-state index contributed by atoms with van der Waals surface area (Å²) >= 11 is 0. The standard InChI is InChI=1S/C22H23NO3.C2HF3O2/c24-22(25)10-12-23-16-18-4-3-7-21(15-18)26-13-11-17-8-9-19-5-1-2-6-20(19)14-17;3-2(4,5)1(6)7/h1-9,14-15,23H,10-13,16H2,(H,24,25);(H,6,7). The lowest BCUT2D eigenvalue weighted by molar-refractivity contribution is -0.192. The molecule has 0 amide bonds. The van der Waals surface area contributed by atoms with E-state index in [0.717, 1.165) is 17.7 Å². The SMILES string of the molecule is O=C(O)C(F)(F)F.O=C(O)CCNCc1cccc(OCCc2ccc3ccccc3c2)c1. The van der Waals surface area contributed by atoms with Crippen LogP contribution in [0.1, 0.15) is 17.5 Å². The minimum Gasteiger partial charge on any atom is -0.493 e. The molecule has 0 saturated carbocycles. The fourth-order valence-corrected chi connectivity index (χ4v) is 2.85. The second kappa shape index (κ2) is 12.4. The van der Waals surface area contributed by atoms with Crippen molar-refractivity contribution in [3.05, 3.63) is 77.9 Å². The van der Waals surface area contributed by atoms with Gasteiger partial charge in [-0.15, -0.1) is 0 Å². The van der Waals surface area contributed by atoms with Gasteiger partial charge in [0.25, 0.3) is 0 Å². The zero-order chi connectivity index (χ0) is 24.3. The van der Waals surface area contributed by atoms with Crippen LogP contribution < -0.4 is 10.1 Å². The quantitative estimate of drug-likeness (QED) is 0.400. The van der Waals surface area contributed by atoms with Gasteiger partial charge in [-0.1, -0.05) is 54.6 Å². The van der Waals surface area contributed by atoms with E-state index in [4.69, 9.17) is 19.7 Å². The molecule has 6 nitrogen and oxygen atoms in total. The van der Waals surface area contributed by atoms with Gasteiger partial charge in [0.1, 0.15) is 5.75 Å². The molecule has 0 spiro atoms. The first kappa shape index (κ1) is 25.7. The van der Waals surface area contributed by atoms with Gasteiger partial charge in [0.15, 0.2) is 0 Å². The Kier molecular flexibility index (Phi) is 9.68. The monoisotopic (exact) mass is 463 g/mol. The number of halogens is 3. The Bertz CT molecular complexity index is 1070. The fourth-order valence-electron chi connectivity index (χ4n) is 2.85. The van der Waals surface area contributed by atoms with E-state index < -0.39 is 18.1 Å². The third-order valence-corrected chi connectivity index (χ3v) is 4.46. The van der Waals surface area contributed by atoms with E-state index in [-0.39, 0.29) is 6.42 Å². The van der Waals surface area contributed by atoms with Gasteiger partial charge in [-0.2, -0.15) is 13.2 Å². The molecule has 0 aliphatic carbocycles. The van der Waals surface area contributed by atoms with Crippen molar-refractivity contribution in [3.63, 3.8) is 0 Å². The predicted octanol–water partition coefficient (Wildman–Crippen LogP) is 4.66. The Labute approximate surface area is 188 Å². The lowest BCUT2D eigenvalue weighted by Gasteiger charge is -2.09. The van der Waals surface area contributed by atoms with E-state index in [1.54, 1.807) is 0 Å². The van der Waals surface area contributed by atoms with Crippen LogP contribution in [0.2, 0.25) is 0 Å². The largest absolute Gasteiger partial charge is 0.493 e. The molecule has 3 aromatic carbocycles. The average Bonchev–Trinajstić information content (AvgIpc) is 2.77. The molecule has 9 heteroatoms. The highest BCUT2D eigenvalue weighted by Crippen LogP contribution is 2.17. The first-order valence-electron chi connectivity index (χ1n) is 10.1. The van der Waals surface area contributed by atoms with Crippen molar-refractivity contribution in [3.8, 4) is 5.75 Å². The van der Waals surface area contributed by atoms with Crippen LogP contribution in [0.4, 0.5) is 13.2 Å². The lowest BCUT2D eigenvalue weighted by Crippen LogP contribution is -2.21. The zero-order valence-electron chi connectivity index (χ0n) is 17.6. The van der Waals surface area contributed by atoms with Crippen molar-refractivity contribution in [2.24, 2.45) is 0 Å². The van der Waals surface area contributed by atoms with Crippen molar-refractivity contribution in [1.82, 2.24) is 5.32 Å². The summed E-state index contributed by atoms with van der Waals surface area (Å²) in [7, 11) is 0. The Morgan fingerprint density at radius 1 is 0.879 bits per heavy atom. The summed E-state index contributed by atoms with van der Waals surface area (Å²) < 4.78 is 37.6. The molecule has 0 radical (unpaired) electrons. The smallest absolute Gasteiger partial charge is 0.490 e. The van der Waals surface area contributed by atoms with Crippen molar-refractivity contribution < 1.29 is 37.7 Å². The van der Waals surface area contributed by atoms with E-state index in [9.17, 15) is 18.0 Å². The van der Waals surface area contributed by atoms with E-state index in [1.165, 1.54) is 16.3 Å². The number of nitrogens with one attached hydrogen (secondary N) is 1. The molecule has 0 saturated heterocycles. The molecule has 0 aliphatic heterocycles. The third-order valence-electron chi connectivity index (χ3n) is 4.46. The van der Waals surface area contributed by atoms with Crippen LogP contribution in [0.5, 0.6) is 5.75 Å². The Hall–Kier alpha value is -3.59. The molecular weight excluding hydrogens is 439 g/mol. The molecule has 0 unspecified atom stereocenters. The van der Waals surface area contributed by atoms with Gasteiger partial charge in [0.05, 0.1) is 13.0 Å². The minimum atomic E-state index is -5.08. The number of carboxylic acid groups (broad SMARTS) is 2. The molecule has 176 valence electrons. The number of rotatable bonds is 9. The van der Waals surface area contributed by atoms with Crippen LogP contribution in [0.15, 0.2) is 66.7 Å². The Morgan fingerprint density at radius 3 is 2.24 bits per heavy atom. The molecule has 0 atom stereocenters. The number of ether oxygens (including phenoxy) is 1. The van der Waals surface area contributed by atoms with Gasteiger partial charge in [0, 0.05) is 19.5 Å². The fraction of sp³-hybridized carbons (Fsp3) is 0.250. The maximum Gasteiger partial charge on any atom is 0.490 e. The molecule has 33 heavy (non-hydrogen) atoms. The summed E-state index contributed by atoms with van der Waals surface area (Å²) in [4.78, 5) is 19.4. The number of benzene rings is 3. The molecule has 0 bridgehead atoms. The molecule has 0 fully saturated rings. The summed E-state index contributed by atoms with van der Waals surface area (Å²) in [5.41, 5.74) is 2.34. The number of fused-ring (bicyclic) bond motifs is 1. The highest BCUT2D eigenvalue weighted by atomic mass is 19.4. The molecule has 3 rings (SSSR count). The van der Waals surface area contributed by atoms with Crippen LogP contribution in [0, 0.1) is 0 Å². The first-order valence-corrected chi connectivity index (χ1v) is 10.1. The van der Waals surface area contributed by atoms with Crippen LogP contribution in [0.3, 0.4) is 0 Å². The first-order chi connectivity index (χ1) is 15.6. The van der Waals surface area contributed by atoms with Gasteiger partial charge in [0.2, 0.25) is 0 Å². The van der Waals surface area contributed by atoms with Gasteiger partial charge < -0.3 is 20.3 Å². The van der Waals surface area contributed by atoms with Crippen LogP contribution >= 0.6 is 0 Å². The maximum atomic E-state index is 10.6. The van der Waals surface area contributed by atoms with Crippen molar-refractivity contribution >= 4 is 22.7 Å². The number of alkyl halides is 3. The molecule has 0 heterocycles. The van der Waals surface area contributed by atoms with E-state index in [1.807, 2.05) is 24.3 Å². The van der Waals surface area contributed by atoms with Gasteiger partial charge in [-0.25, -0.2) is 4.79 Å². The minimum absolute atomic E-state index is 0.127. The molecule has 3 N–H and O–H groups in total. The van der Waals surface area contributed by atoms with E-state index >= 15 is 0 Å². The molecule has 0 aromatic heterocycles. The topological polar surface area (TPSA) is 95.9 Å². The van der Waals surface area contributed by atoms with Gasteiger partial charge in [-0.05, 0) is 34.0 Å². The van der Waals surface area contributed by atoms with Crippen LogP contribution in [0.25, 0.3) is 10.8 Å². The summed E-state index contributed by atoms with van der Waals surface area (Å²) in [5.74, 6) is -2.71. The summed E-state index contributed by atoms with van der Waals surface area (Å²) in [6.07, 6.45) is -4.10. The van der Waals surface area contributed by atoms with E-state index in [0.29, 0.717) is 19.7 Å². The zero-order valence-corrected chi connectivity index (χ0v) is 17.6. The predicted molar refractivity (Wildman–Crippen MR) is 117 cm³/mol. The highest BCUT2D eigenvalue weighted by molar-refractivity contribution is 5.83. The van der Waals surface area contributed by atoms with Crippen LogP contribution in [-0.2, 0) is 22.6 Å². The number of carboxylic acids is 2. The van der Waals surface area contributed by atoms with Gasteiger partial charge in [-0.3, -0.25) is 4.79 Å².